The van der Waals surface area contributed by atoms with Crippen LogP contribution in [0.15, 0.2) is 66.7 Å². The van der Waals surface area contributed by atoms with Gasteiger partial charge in [-0.2, -0.15) is 0 Å². The first-order chi connectivity index (χ1) is 45.7. The molecule has 2 bridgehead atoms. The number of nitrogens with zero attached hydrogens (tertiary/aromatic N) is 4. The van der Waals surface area contributed by atoms with E-state index >= 15 is 0 Å². The zero-order chi connectivity index (χ0) is 70.5. The number of nitrogens with one attached hydrogen (secondary N) is 5. The summed E-state index contributed by atoms with van der Waals surface area (Å²) in [6.45, 7) is 13.4. The molecule has 0 unspecified atom stereocenters. The molecule has 3 fully saturated rings. The highest BCUT2D eigenvalue weighted by Gasteiger charge is 2.53. The second kappa shape index (κ2) is 36.7. The molecule has 96 heavy (non-hydrogen) atoms. The van der Waals surface area contributed by atoms with E-state index in [4.69, 9.17) is 19.9 Å². The molecule has 2 aromatic rings. The molecule has 26 heteroatoms. The van der Waals surface area contributed by atoms with E-state index in [0.717, 1.165) is 10.5 Å². The van der Waals surface area contributed by atoms with Crippen molar-refractivity contribution < 1.29 is 76.9 Å². The number of carboxylic acids is 1. The van der Waals surface area contributed by atoms with E-state index in [2.05, 4.69) is 26.6 Å². The number of ether oxygens (including phenoxy) is 3. The second-order valence-electron chi connectivity index (χ2n) is 26.8. The average Bonchev–Trinajstić information content (AvgIpc) is 1.60. The number of anilines is 1. The molecule has 2 saturated heterocycles. The van der Waals surface area contributed by atoms with Gasteiger partial charge in [0.2, 0.25) is 35.4 Å². The van der Waals surface area contributed by atoms with Crippen molar-refractivity contribution in [2.45, 2.75) is 206 Å². The molecular weight excluding hydrogens is 1240 g/mol. The standard InChI is InChI=1S/C70H102N10O16/c1-11-43(6)61(54(94-9)39-58(85)78-35-19-23-52(78)63(95-10)44(7)53(81)38-48(68(90)91)36-45-20-14-12-15-21-45)77(8)67(89)60(42(4)5)76-66(88)62-47-27-30-50(37-47)80(62)70(93)96-40-46-25-28-49(29-26-46)73-64(86)51(22-18-33-72-69(71)92)74-65(87)59(41(2)3)75-55(82)24-16-13-17-34-79-56(83)31-32-57(79)84/h12,14-15,20-21,25-26,28-29,31-32,41-44,47-48,50-52,54,59-63H,11,13,16-19,22-24,27,30,33-40H2,1-10H3,(H,73,86)(H,74,87)(H,75,82)(H,76,88)(H,90,91)(H3,71,72,92)/t43-,44-,47-,48+,50-,51-,52-,54+,59+,60-,61-,62-,63+/m0/s1. The third-order valence-corrected chi connectivity index (χ3v) is 19.4. The number of likely N-dealkylation sites (N-methyl/N-ethyl adjacent to an activating group) is 1. The molecule has 1 saturated carbocycles. The zero-order valence-electron chi connectivity index (χ0n) is 57.4. The number of fused-ring (bicyclic) bond motifs is 2. The van der Waals surface area contributed by atoms with Crippen LogP contribution in [-0.4, -0.2) is 191 Å². The average molecular weight is 1340 g/mol. The SMILES string of the molecule is CC[C@H](C)[C@@H]([C@@H](CC(=O)N1CCC[C@H]1[C@H](OC)[C@@H](C)C(=O)C[C@@H](Cc1ccccc1)C(=O)O)OC)N(C)C(=O)[C@@H](NC(=O)[C@@H]1[C@H]2CC[C@@H](C2)N1C(=O)OCc1ccc(NC(=O)[C@H](CCCNC(N)=O)NC(=O)[C@H](NC(=O)CCCCCN2C(=O)C=CC2=O)C(C)C)cc1)C(C)C. The molecule has 0 radical (unpaired) electrons. The van der Waals surface area contributed by atoms with Crippen LogP contribution in [0.2, 0.25) is 0 Å². The van der Waals surface area contributed by atoms with Crippen molar-refractivity contribution in [3.63, 3.8) is 0 Å². The van der Waals surface area contributed by atoms with Crippen molar-refractivity contribution in [3.05, 3.63) is 77.9 Å². The van der Waals surface area contributed by atoms with Gasteiger partial charge in [0.15, 0.2) is 0 Å². The lowest BCUT2D eigenvalue weighted by atomic mass is 9.85. The Hall–Kier alpha value is -8.26. The summed E-state index contributed by atoms with van der Waals surface area (Å²) in [6.07, 6.45) is 5.81. The van der Waals surface area contributed by atoms with Gasteiger partial charge in [-0.15, -0.1) is 0 Å². The molecule has 0 aromatic heterocycles. The molecular formula is C70H102N10O16. The highest BCUT2D eigenvalue weighted by molar-refractivity contribution is 6.12. The van der Waals surface area contributed by atoms with Crippen LogP contribution in [0.3, 0.4) is 0 Å². The smallest absolute Gasteiger partial charge is 0.411 e. The maximum absolute atomic E-state index is 14.9. The maximum Gasteiger partial charge on any atom is 0.411 e. The maximum atomic E-state index is 14.9. The molecule has 11 amide bonds. The number of carboxylic acid groups (broad SMARTS) is 1. The number of unbranched alkanes of at least 4 members (excludes halogenated alkanes) is 2. The number of Topliss-reactive ketones (excluding diaryl/α,β-unsaturated/α-hetero) is 1. The van der Waals surface area contributed by atoms with E-state index in [-0.39, 0.29) is 111 Å². The summed E-state index contributed by atoms with van der Waals surface area (Å²) < 4.78 is 17.9. The van der Waals surface area contributed by atoms with Crippen LogP contribution in [0, 0.1) is 35.5 Å². The fourth-order valence-electron chi connectivity index (χ4n) is 13.8. The van der Waals surface area contributed by atoms with Gasteiger partial charge in [-0.3, -0.25) is 57.7 Å². The summed E-state index contributed by atoms with van der Waals surface area (Å²) in [5.41, 5.74) is 6.97. The Kier molecular flexibility index (Phi) is 29.4. The molecule has 26 nitrogen and oxygen atoms in total. The van der Waals surface area contributed by atoms with Crippen molar-refractivity contribution in [2.24, 2.45) is 41.2 Å². The van der Waals surface area contributed by atoms with Gasteiger partial charge in [-0.05, 0) is 111 Å². The number of hydrogen-bond acceptors (Lipinski definition) is 15. The van der Waals surface area contributed by atoms with E-state index in [1.807, 2.05) is 58.0 Å². The number of primary amides is 1. The van der Waals surface area contributed by atoms with E-state index in [1.54, 1.807) is 61.9 Å². The fraction of sp³-hybridized carbons (Fsp3) is 0.629. The number of carbonyl (C=O) groups excluding carboxylic acids is 11. The molecule has 4 aliphatic rings. The highest BCUT2D eigenvalue weighted by atomic mass is 16.6. The lowest BCUT2D eigenvalue weighted by molar-refractivity contribution is -0.148. The van der Waals surface area contributed by atoms with Crippen molar-refractivity contribution in [3.8, 4) is 0 Å². The summed E-state index contributed by atoms with van der Waals surface area (Å²) in [5.74, 6) is -7.61. The molecule has 3 aliphatic heterocycles. The molecule has 3 heterocycles. The summed E-state index contributed by atoms with van der Waals surface area (Å²) >= 11 is 0. The Bertz CT molecular complexity index is 3050. The molecule has 8 N–H and O–H groups in total. The Labute approximate surface area is 563 Å². The number of likely N-dealkylation sites (tertiary alicyclic amines) is 2. The van der Waals surface area contributed by atoms with Crippen molar-refractivity contribution in [1.82, 2.24) is 40.9 Å². The number of methoxy groups -OCH3 is 2. The van der Waals surface area contributed by atoms with Gasteiger partial charge in [0.25, 0.3) is 11.8 Å². The van der Waals surface area contributed by atoms with Gasteiger partial charge in [-0.1, -0.05) is 104 Å². The molecule has 6 rings (SSSR count). The number of benzene rings is 2. The normalized spacial score (nSPS) is 20.2. The number of amides is 11. The van der Waals surface area contributed by atoms with Gasteiger partial charge >= 0.3 is 18.1 Å². The number of aliphatic carboxylic acids is 1. The van der Waals surface area contributed by atoms with Crippen LogP contribution in [0.1, 0.15) is 149 Å². The van der Waals surface area contributed by atoms with Gasteiger partial charge in [0.1, 0.15) is 36.6 Å². The van der Waals surface area contributed by atoms with E-state index < -0.39 is 108 Å². The highest BCUT2D eigenvalue weighted by Crippen LogP contribution is 2.43. The summed E-state index contributed by atoms with van der Waals surface area (Å²) in [4.78, 5) is 166. The van der Waals surface area contributed by atoms with Crippen molar-refractivity contribution in [1.29, 1.82) is 0 Å². The van der Waals surface area contributed by atoms with Crippen LogP contribution in [-0.2, 0) is 75.2 Å². The van der Waals surface area contributed by atoms with Gasteiger partial charge < -0.3 is 61.4 Å². The van der Waals surface area contributed by atoms with E-state index in [0.29, 0.717) is 75.6 Å². The minimum Gasteiger partial charge on any atom is -0.481 e. The molecule has 1 aliphatic carbocycles. The third kappa shape index (κ3) is 20.9. The number of piperidine rings is 1. The number of imide groups is 1. The lowest BCUT2D eigenvalue weighted by Gasteiger charge is -2.41. The number of ketones is 1. The van der Waals surface area contributed by atoms with E-state index in [9.17, 15) is 62.6 Å². The van der Waals surface area contributed by atoms with Crippen LogP contribution in [0.5, 0.6) is 0 Å². The van der Waals surface area contributed by atoms with Gasteiger partial charge in [0, 0.05) is 83.5 Å². The van der Waals surface area contributed by atoms with Crippen LogP contribution >= 0.6 is 0 Å². The quantitative estimate of drug-likeness (QED) is 0.0316. The van der Waals surface area contributed by atoms with Crippen molar-refractivity contribution >= 4 is 76.8 Å². The Morgan fingerprint density at radius 1 is 0.760 bits per heavy atom. The minimum absolute atomic E-state index is 0.0873. The molecule has 13 atom stereocenters. The number of carbonyl (C=O) groups is 12. The number of rotatable bonds is 38. The van der Waals surface area contributed by atoms with Gasteiger partial charge in [0.05, 0.1) is 36.6 Å². The largest absolute Gasteiger partial charge is 0.481 e. The van der Waals surface area contributed by atoms with Gasteiger partial charge in [-0.25, -0.2) is 9.59 Å². The predicted octanol–water partition coefficient (Wildman–Crippen LogP) is 5.64. The third-order valence-electron chi connectivity index (χ3n) is 19.4. The monoisotopic (exact) mass is 1340 g/mol. The first-order valence-corrected chi connectivity index (χ1v) is 33.9. The Morgan fingerprint density at radius 2 is 1.44 bits per heavy atom. The number of nitrogens with two attached hydrogens (primary N) is 1. The minimum atomic E-state index is -1.11. The number of hydrogen-bond donors (Lipinski definition) is 7. The summed E-state index contributed by atoms with van der Waals surface area (Å²) in [6, 6.07) is 9.42. The van der Waals surface area contributed by atoms with Crippen LogP contribution in [0.4, 0.5) is 15.3 Å². The first-order valence-electron chi connectivity index (χ1n) is 33.9. The van der Waals surface area contributed by atoms with Crippen LogP contribution in [0.25, 0.3) is 0 Å². The molecule has 528 valence electrons. The van der Waals surface area contributed by atoms with E-state index in [1.165, 1.54) is 31.3 Å². The zero-order valence-corrected chi connectivity index (χ0v) is 57.4. The summed E-state index contributed by atoms with van der Waals surface area (Å²) in [7, 11) is 4.63. The van der Waals surface area contributed by atoms with Crippen molar-refractivity contribution in [2.75, 3.05) is 46.2 Å². The Morgan fingerprint density at radius 3 is 2.05 bits per heavy atom. The molecule has 0 spiro atoms. The lowest BCUT2D eigenvalue weighted by Crippen LogP contribution is -2.60. The first kappa shape index (κ1) is 76.8. The fourth-order valence-corrected chi connectivity index (χ4v) is 13.8. The second-order valence-corrected chi connectivity index (χ2v) is 26.8. The molecule has 2 aromatic carbocycles. The topological polar surface area (TPSA) is 352 Å². The Balaban J connectivity index is 1.04. The van der Waals surface area contributed by atoms with Crippen LogP contribution < -0.4 is 32.3 Å². The number of urea groups is 1. The predicted molar refractivity (Wildman–Crippen MR) is 356 cm³/mol. The summed E-state index contributed by atoms with van der Waals surface area (Å²) in [5, 5.41) is 23.9.